The van der Waals surface area contributed by atoms with Crippen LogP contribution in [0.25, 0.3) is 22.8 Å². The Bertz CT molecular complexity index is 1390. The van der Waals surface area contributed by atoms with E-state index in [4.69, 9.17) is 20.9 Å². The molecule has 0 bridgehead atoms. The summed E-state index contributed by atoms with van der Waals surface area (Å²) >= 11 is 6.15. The average molecular weight is 479 g/mol. The zero-order valence-electron chi connectivity index (χ0n) is 19.0. The van der Waals surface area contributed by atoms with Crippen molar-refractivity contribution in [1.82, 2.24) is 20.0 Å². The van der Waals surface area contributed by atoms with E-state index in [-0.39, 0.29) is 36.0 Å². The first-order chi connectivity index (χ1) is 16.4. The van der Waals surface area contributed by atoms with Gasteiger partial charge >= 0.3 is 0 Å². The van der Waals surface area contributed by atoms with Gasteiger partial charge in [0.1, 0.15) is 17.9 Å². The molecule has 8 nitrogen and oxygen atoms in total. The molecule has 0 saturated heterocycles. The number of aromatic nitrogens is 3. The van der Waals surface area contributed by atoms with Gasteiger partial charge in [-0.15, -0.1) is 0 Å². The summed E-state index contributed by atoms with van der Waals surface area (Å²) in [4.78, 5) is 30.3. The van der Waals surface area contributed by atoms with Gasteiger partial charge in [-0.3, -0.25) is 9.59 Å². The number of hydrogen-bond donors (Lipinski definition) is 1. The first kappa shape index (κ1) is 23.3. The number of aryl methyl sites for hydroxylation is 2. The minimum atomic E-state index is -0.379. The second kappa shape index (κ2) is 9.93. The number of pyridine rings is 1. The molecule has 0 spiro atoms. The highest BCUT2D eigenvalue weighted by Crippen LogP contribution is 2.24. The Hall–Kier alpha value is -3.91. The normalized spacial score (nSPS) is 10.8. The van der Waals surface area contributed by atoms with Gasteiger partial charge < -0.3 is 19.1 Å². The van der Waals surface area contributed by atoms with Gasteiger partial charge in [0.2, 0.25) is 11.7 Å². The quantitative estimate of drug-likeness (QED) is 0.428. The van der Waals surface area contributed by atoms with E-state index in [0.717, 1.165) is 11.1 Å². The summed E-state index contributed by atoms with van der Waals surface area (Å²) in [6.45, 7) is 3.68. The van der Waals surface area contributed by atoms with Crippen molar-refractivity contribution in [1.29, 1.82) is 0 Å². The smallest absolute Gasteiger partial charge is 0.264 e. The lowest BCUT2D eigenvalue weighted by molar-refractivity contribution is -0.121. The lowest BCUT2D eigenvalue weighted by Gasteiger charge is -2.13. The first-order valence-corrected chi connectivity index (χ1v) is 10.9. The van der Waals surface area contributed by atoms with Crippen LogP contribution in [0.4, 0.5) is 0 Å². The maximum atomic E-state index is 13.3. The number of carbonyl (C=O) groups excluding carboxylic acids is 1. The van der Waals surface area contributed by atoms with Crippen molar-refractivity contribution < 1.29 is 14.1 Å². The standard InChI is InChI=1S/C25H23ClN4O4/c1-15-12-16(2)30(14-21(31)27-13-18-6-4-5-7-20(18)26)25(32)22(15)24-28-23(29-34-24)17-8-10-19(33-3)11-9-17/h4-12H,13-14H2,1-3H3,(H,27,31). The predicted molar refractivity (Wildman–Crippen MR) is 129 cm³/mol. The molecule has 2 aromatic heterocycles. The van der Waals surface area contributed by atoms with Crippen LogP contribution < -0.4 is 15.6 Å². The summed E-state index contributed by atoms with van der Waals surface area (Å²) in [5.74, 6) is 0.835. The van der Waals surface area contributed by atoms with Crippen LogP contribution in [0.1, 0.15) is 16.8 Å². The third-order valence-electron chi connectivity index (χ3n) is 5.43. The number of methoxy groups -OCH3 is 1. The number of rotatable bonds is 7. The Morgan fingerprint density at radius 3 is 2.59 bits per heavy atom. The molecular weight excluding hydrogens is 456 g/mol. The Morgan fingerprint density at radius 2 is 1.88 bits per heavy atom. The van der Waals surface area contributed by atoms with E-state index < -0.39 is 0 Å². The number of halogens is 1. The molecule has 1 amide bonds. The van der Waals surface area contributed by atoms with Crippen LogP contribution in [0.15, 0.2) is 63.9 Å². The number of nitrogens with one attached hydrogen (secondary N) is 1. The van der Waals surface area contributed by atoms with Gasteiger partial charge in [0, 0.05) is 22.8 Å². The second-order valence-corrected chi connectivity index (χ2v) is 8.16. The largest absolute Gasteiger partial charge is 0.497 e. The summed E-state index contributed by atoms with van der Waals surface area (Å²) in [5.41, 5.74) is 2.73. The fourth-order valence-electron chi connectivity index (χ4n) is 3.60. The molecule has 4 aromatic rings. The zero-order chi connectivity index (χ0) is 24.2. The molecule has 34 heavy (non-hydrogen) atoms. The van der Waals surface area contributed by atoms with Gasteiger partial charge in [-0.05, 0) is 61.4 Å². The third-order valence-corrected chi connectivity index (χ3v) is 5.80. The van der Waals surface area contributed by atoms with Crippen LogP contribution in [-0.2, 0) is 17.9 Å². The molecule has 2 heterocycles. The summed E-state index contributed by atoms with van der Waals surface area (Å²) in [6.07, 6.45) is 0. The Balaban J connectivity index is 1.58. The van der Waals surface area contributed by atoms with Crippen molar-refractivity contribution in [3.8, 4) is 28.6 Å². The van der Waals surface area contributed by atoms with Crippen molar-refractivity contribution in [3.05, 3.63) is 86.8 Å². The van der Waals surface area contributed by atoms with Gasteiger partial charge in [-0.25, -0.2) is 0 Å². The van der Waals surface area contributed by atoms with Gasteiger partial charge in [-0.2, -0.15) is 4.98 Å². The zero-order valence-corrected chi connectivity index (χ0v) is 19.7. The van der Waals surface area contributed by atoms with E-state index in [2.05, 4.69) is 15.5 Å². The van der Waals surface area contributed by atoms with E-state index >= 15 is 0 Å². The van der Waals surface area contributed by atoms with Crippen LogP contribution in [0.5, 0.6) is 5.75 Å². The lowest BCUT2D eigenvalue weighted by Crippen LogP contribution is -2.34. The summed E-state index contributed by atoms with van der Waals surface area (Å²) in [5, 5.41) is 7.39. The lowest BCUT2D eigenvalue weighted by atomic mass is 10.1. The molecule has 2 aromatic carbocycles. The summed E-state index contributed by atoms with van der Waals surface area (Å²) in [7, 11) is 1.59. The Labute approximate surface area is 201 Å². The fourth-order valence-corrected chi connectivity index (χ4v) is 3.80. The molecule has 0 aliphatic carbocycles. The van der Waals surface area contributed by atoms with Crippen LogP contribution in [0.2, 0.25) is 5.02 Å². The van der Waals surface area contributed by atoms with Crippen molar-refractivity contribution in [2.75, 3.05) is 7.11 Å². The third kappa shape index (κ3) is 4.87. The molecule has 9 heteroatoms. The predicted octanol–water partition coefficient (Wildman–Crippen LogP) is 4.16. The second-order valence-electron chi connectivity index (χ2n) is 7.75. The highest BCUT2D eigenvalue weighted by atomic mass is 35.5. The molecule has 0 saturated carbocycles. The molecule has 0 aliphatic heterocycles. The van der Waals surface area contributed by atoms with E-state index in [1.807, 2.05) is 24.3 Å². The summed E-state index contributed by atoms with van der Waals surface area (Å²) in [6, 6.07) is 16.3. The minimum absolute atomic E-state index is 0.0959. The van der Waals surface area contributed by atoms with Crippen LogP contribution in [0, 0.1) is 13.8 Å². The van der Waals surface area contributed by atoms with Crippen LogP contribution in [-0.4, -0.2) is 27.7 Å². The maximum Gasteiger partial charge on any atom is 0.264 e. The number of benzene rings is 2. The first-order valence-electron chi connectivity index (χ1n) is 10.6. The van der Waals surface area contributed by atoms with Crippen LogP contribution >= 0.6 is 11.6 Å². The van der Waals surface area contributed by atoms with Gasteiger partial charge in [0.25, 0.3) is 11.4 Å². The topological polar surface area (TPSA) is 99.3 Å². The molecule has 0 fully saturated rings. The fraction of sp³-hybridized carbons (Fsp3) is 0.200. The maximum absolute atomic E-state index is 13.3. The molecule has 0 unspecified atom stereocenters. The Kier molecular flexibility index (Phi) is 6.79. The van der Waals surface area contributed by atoms with Crippen molar-refractivity contribution in [2.24, 2.45) is 0 Å². The van der Waals surface area contributed by atoms with Crippen LogP contribution in [0.3, 0.4) is 0 Å². The number of ether oxygens (including phenoxy) is 1. The molecule has 0 radical (unpaired) electrons. The summed E-state index contributed by atoms with van der Waals surface area (Å²) < 4.78 is 12.0. The highest BCUT2D eigenvalue weighted by Gasteiger charge is 2.20. The Morgan fingerprint density at radius 1 is 1.15 bits per heavy atom. The molecule has 1 N–H and O–H groups in total. The number of amides is 1. The SMILES string of the molecule is COc1ccc(-c2noc(-c3c(C)cc(C)n(CC(=O)NCc4ccccc4Cl)c3=O)n2)cc1. The molecular formula is C25H23ClN4O4. The number of nitrogens with zero attached hydrogens (tertiary/aromatic N) is 3. The molecule has 174 valence electrons. The van der Waals surface area contributed by atoms with E-state index in [9.17, 15) is 9.59 Å². The van der Waals surface area contributed by atoms with E-state index in [0.29, 0.717) is 27.9 Å². The average Bonchev–Trinajstić information content (AvgIpc) is 3.31. The molecule has 0 atom stereocenters. The van der Waals surface area contributed by atoms with E-state index in [1.54, 1.807) is 51.3 Å². The van der Waals surface area contributed by atoms with Crippen molar-refractivity contribution in [3.63, 3.8) is 0 Å². The molecule has 0 aliphatic rings. The van der Waals surface area contributed by atoms with E-state index in [1.165, 1.54) is 4.57 Å². The highest BCUT2D eigenvalue weighted by molar-refractivity contribution is 6.31. The minimum Gasteiger partial charge on any atom is -0.497 e. The number of carbonyl (C=O) groups is 1. The molecule has 4 rings (SSSR count). The van der Waals surface area contributed by atoms with Crippen molar-refractivity contribution >= 4 is 17.5 Å². The number of hydrogen-bond acceptors (Lipinski definition) is 6. The van der Waals surface area contributed by atoms with Gasteiger partial charge in [0.15, 0.2) is 0 Å². The van der Waals surface area contributed by atoms with Gasteiger partial charge in [0.05, 0.1) is 7.11 Å². The monoisotopic (exact) mass is 478 g/mol. The van der Waals surface area contributed by atoms with Crippen molar-refractivity contribution in [2.45, 2.75) is 26.9 Å². The van der Waals surface area contributed by atoms with Gasteiger partial charge in [-0.1, -0.05) is 35.0 Å².